The van der Waals surface area contributed by atoms with Crippen molar-refractivity contribution >= 4 is 29.2 Å². The van der Waals surface area contributed by atoms with Crippen LogP contribution in [0.3, 0.4) is 0 Å². The third-order valence-electron chi connectivity index (χ3n) is 5.72. The number of nitrogens with zero attached hydrogens (tertiary/aromatic N) is 2. The molecule has 0 unspecified atom stereocenters. The highest BCUT2D eigenvalue weighted by Crippen LogP contribution is 2.29. The van der Waals surface area contributed by atoms with E-state index in [4.69, 9.17) is 9.47 Å². The Bertz CT molecular complexity index is 1250. The van der Waals surface area contributed by atoms with Crippen molar-refractivity contribution in [3.8, 4) is 11.5 Å². The second kappa shape index (κ2) is 10.9. The van der Waals surface area contributed by atoms with E-state index in [9.17, 15) is 18.8 Å². The van der Waals surface area contributed by atoms with Gasteiger partial charge in [0.25, 0.3) is 5.91 Å². The van der Waals surface area contributed by atoms with Crippen molar-refractivity contribution in [3.63, 3.8) is 0 Å². The second-order valence-electron chi connectivity index (χ2n) is 8.14. The number of amides is 4. The molecule has 8 nitrogen and oxygen atoms in total. The van der Waals surface area contributed by atoms with E-state index in [1.807, 2.05) is 6.92 Å². The Hall–Kier alpha value is -4.40. The number of carbonyl (C=O) groups excluding carboxylic acids is 3. The standard InChI is InChI=1S/C27H26FN3O5/c1-3-36-22-13-9-20(10-14-22)29-25(32)16-24-26(33)31(21-11-7-19(28)8-12-21)27(34)30(24)17-18-5-4-6-23(15-18)35-2/h4-15,24H,3,16-17H2,1-2H3,(H,29,32)/t24-/m0/s1. The van der Waals surface area contributed by atoms with Gasteiger partial charge in [-0.3, -0.25) is 9.59 Å². The van der Waals surface area contributed by atoms with Gasteiger partial charge in [-0.15, -0.1) is 0 Å². The van der Waals surface area contributed by atoms with E-state index in [-0.39, 0.29) is 18.7 Å². The lowest BCUT2D eigenvalue weighted by Gasteiger charge is -2.22. The summed E-state index contributed by atoms with van der Waals surface area (Å²) in [5, 5.41) is 2.77. The van der Waals surface area contributed by atoms with Crippen LogP contribution >= 0.6 is 0 Å². The first-order valence-electron chi connectivity index (χ1n) is 11.5. The summed E-state index contributed by atoms with van der Waals surface area (Å²) in [5.74, 6) is -0.201. The molecule has 0 saturated carbocycles. The Kier molecular flexibility index (Phi) is 7.48. The molecule has 186 valence electrons. The molecule has 1 heterocycles. The van der Waals surface area contributed by atoms with Crippen molar-refractivity contribution in [3.05, 3.63) is 84.2 Å². The van der Waals surface area contributed by atoms with Gasteiger partial charge in [-0.1, -0.05) is 12.1 Å². The molecule has 1 fully saturated rings. The highest BCUT2D eigenvalue weighted by atomic mass is 19.1. The van der Waals surface area contributed by atoms with Gasteiger partial charge in [0.05, 0.1) is 25.8 Å². The number of nitrogens with one attached hydrogen (secondary N) is 1. The maximum absolute atomic E-state index is 13.5. The van der Waals surface area contributed by atoms with Crippen LogP contribution in [0.4, 0.5) is 20.6 Å². The molecule has 1 saturated heterocycles. The van der Waals surface area contributed by atoms with Gasteiger partial charge in [-0.05, 0) is 73.2 Å². The molecule has 1 N–H and O–H groups in total. The highest BCUT2D eigenvalue weighted by molar-refractivity contribution is 6.22. The molecule has 0 aromatic heterocycles. The number of hydrogen-bond acceptors (Lipinski definition) is 5. The fraction of sp³-hybridized carbons (Fsp3) is 0.222. The van der Waals surface area contributed by atoms with Crippen molar-refractivity contribution in [2.75, 3.05) is 23.9 Å². The summed E-state index contributed by atoms with van der Waals surface area (Å²) >= 11 is 0. The Morgan fingerprint density at radius 3 is 2.39 bits per heavy atom. The number of carbonyl (C=O) groups is 3. The number of benzene rings is 3. The normalized spacial score (nSPS) is 15.2. The van der Waals surface area contributed by atoms with Crippen molar-refractivity contribution < 1.29 is 28.2 Å². The topological polar surface area (TPSA) is 88.2 Å². The smallest absolute Gasteiger partial charge is 0.332 e. The van der Waals surface area contributed by atoms with Gasteiger partial charge in [-0.2, -0.15) is 0 Å². The summed E-state index contributed by atoms with van der Waals surface area (Å²) in [6.07, 6.45) is -0.251. The quantitative estimate of drug-likeness (QED) is 0.442. The molecule has 3 aromatic rings. The van der Waals surface area contributed by atoms with Crippen molar-refractivity contribution in [1.82, 2.24) is 4.90 Å². The van der Waals surface area contributed by atoms with Crippen LogP contribution in [0.15, 0.2) is 72.8 Å². The lowest BCUT2D eigenvalue weighted by molar-refractivity contribution is -0.124. The molecule has 0 bridgehead atoms. The molecule has 1 atom stereocenters. The fourth-order valence-electron chi connectivity index (χ4n) is 4.00. The third-order valence-corrected chi connectivity index (χ3v) is 5.72. The minimum Gasteiger partial charge on any atom is -0.497 e. The van der Waals surface area contributed by atoms with Gasteiger partial charge in [-0.25, -0.2) is 14.1 Å². The first-order valence-corrected chi connectivity index (χ1v) is 11.5. The third kappa shape index (κ3) is 5.46. The Morgan fingerprint density at radius 2 is 1.72 bits per heavy atom. The zero-order valence-electron chi connectivity index (χ0n) is 19.9. The zero-order valence-corrected chi connectivity index (χ0v) is 19.9. The number of rotatable bonds is 9. The predicted molar refractivity (Wildman–Crippen MR) is 132 cm³/mol. The minimum absolute atomic E-state index is 0.0838. The van der Waals surface area contributed by atoms with E-state index in [0.717, 1.165) is 10.5 Å². The molecule has 0 spiro atoms. The molecular weight excluding hydrogens is 465 g/mol. The first kappa shape index (κ1) is 24.7. The number of urea groups is 1. The average Bonchev–Trinajstić information content (AvgIpc) is 3.10. The molecule has 4 amide bonds. The fourth-order valence-corrected chi connectivity index (χ4v) is 4.00. The molecule has 3 aromatic carbocycles. The maximum Gasteiger partial charge on any atom is 0.332 e. The molecule has 36 heavy (non-hydrogen) atoms. The van der Waals surface area contributed by atoms with Crippen molar-refractivity contribution in [2.24, 2.45) is 0 Å². The van der Waals surface area contributed by atoms with E-state index in [2.05, 4.69) is 5.32 Å². The number of halogens is 1. The van der Waals surface area contributed by atoms with Crippen LogP contribution in [0.2, 0.25) is 0 Å². The van der Waals surface area contributed by atoms with Gasteiger partial charge in [0.1, 0.15) is 23.4 Å². The SMILES string of the molecule is CCOc1ccc(NC(=O)C[C@H]2C(=O)N(c3ccc(F)cc3)C(=O)N2Cc2cccc(OC)c2)cc1. The first-order chi connectivity index (χ1) is 17.4. The molecule has 9 heteroatoms. The molecule has 0 radical (unpaired) electrons. The summed E-state index contributed by atoms with van der Waals surface area (Å²) in [7, 11) is 1.54. The van der Waals surface area contributed by atoms with Gasteiger partial charge < -0.3 is 19.7 Å². The molecule has 1 aliphatic rings. The van der Waals surface area contributed by atoms with Crippen molar-refractivity contribution in [1.29, 1.82) is 0 Å². The lowest BCUT2D eigenvalue weighted by atomic mass is 10.1. The number of anilines is 2. The van der Waals surface area contributed by atoms with Crippen LogP contribution in [-0.4, -0.2) is 42.5 Å². The zero-order chi connectivity index (χ0) is 25.7. The number of hydrogen-bond donors (Lipinski definition) is 1. The Morgan fingerprint density at radius 1 is 1.00 bits per heavy atom. The minimum atomic E-state index is -1.04. The van der Waals surface area contributed by atoms with E-state index >= 15 is 0 Å². The molecule has 0 aliphatic carbocycles. The van der Waals surface area contributed by atoms with Crippen molar-refractivity contribution in [2.45, 2.75) is 25.9 Å². The van der Waals surface area contributed by atoms with Crippen LogP contribution < -0.4 is 19.7 Å². The summed E-state index contributed by atoms with van der Waals surface area (Å²) < 4.78 is 24.1. The van der Waals surface area contributed by atoms with E-state index in [0.29, 0.717) is 23.8 Å². The summed E-state index contributed by atoms with van der Waals surface area (Å²) in [4.78, 5) is 42.0. The van der Waals surface area contributed by atoms with Crippen LogP contribution in [-0.2, 0) is 16.1 Å². The van der Waals surface area contributed by atoms with Crippen LogP contribution in [0, 0.1) is 5.82 Å². The predicted octanol–water partition coefficient (Wildman–Crippen LogP) is 4.60. The van der Waals surface area contributed by atoms with Crippen LogP contribution in [0.25, 0.3) is 0 Å². The lowest BCUT2D eigenvalue weighted by Crippen LogP contribution is -2.37. The number of ether oxygens (including phenoxy) is 2. The van der Waals surface area contributed by atoms with E-state index < -0.39 is 29.7 Å². The summed E-state index contributed by atoms with van der Waals surface area (Å²) in [6.45, 7) is 2.49. The molecule has 1 aliphatic heterocycles. The van der Waals surface area contributed by atoms with Gasteiger partial charge in [0.15, 0.2) is 0 Å². The summed E-state index contributed by atoms with van der Waals surface area (Å²) in [6, 6.07) is 17.4. The average molecular weight is 492 g/mol. The Labute approximate surface area is 208 Å². The highest BCUT2D eigenvalue weighted by Gasteiger charge is 2.46. The van der Waals surface area contributed by atoms with E-state index in [1.54, 1.807) is 48.5 Å². The molecule has 4 rings (SSSR count). The molecular formula is C27H26FN3O5. The second-order valence-corrected chi connectivity index (χ2v) is 8.14. The van der Waals surface area contributed by atoms with Gasteiger partial charge in [0, 0.05) is 12.2 Å². The van der Waals surface area contributed by atoms with Crippen LogP contribution in [0.5, 0.6) is 11.5 Å². The van der Waals surface area contributed by atoms with Gasteiger partial charge >= 0.3 is 6.03 Å². The largest absolute Gasteiger partial charge is 0.497 e. The Balaban J connectivity index is 1.57. The summed E-state index contributed by atoms with van der Waals surface area (Å²) in [5.41, 5.74) is 1.50. The van der Waals surface area contributed by atoms with Gasteiger partial charge in [0.2, 0.25) is 5.91 Å². The maximum atomic E-state index is 13.5. The number of imide groups is 1. The van der Waals surface area contributed by atoms with E-state index in [1.165, 1.54) is 36.3 Å². The van der Waals surface area contributed by atoms with Crippen LogP contribution in [0.1, 0.15) is 18.9 Å². The monoisotopic (exact) mass is 491 g/mol. The number of methoxy groups -OCH3 is 1.